The Morgan fingerprint density at radius 2 is 2.04 bits per heavy atom. The number of benzene rings is 1. The van der Waals surface area contributed by atoms with Gasteiger partial charge >= 0.3 is 0 Å². The minimum absolute atomic E-state index is 0.115. The highest BCUT2D eigenvalue weighted by atomic mass is 35.5. The fourth-order valence-corrected chi connectivity index (χ4v) is 2.93. The smallest absolute Gasteiger partial charge is 0.252 e. The molecule has 3 N–H and O–H groups in total. The lowest BCUT2D eigenvalue weighted by Crippen LogP contribution is -2.16. The summed E-state index contributed by atoms with van der Waals surface area (Å²) in [7, 11) is 0. The summed E-state index contributed by atoms with van der Waals surface area (Å²) in [6.07, 6.45) is 0. The third-order valence-corrected chi connectivity index (χ3v) is 4.16. The van der Waals surface area contributed by atoms with Crippen LogP contribution in [-0.4, -0.2) is 21.1 Å². The van der Waals surface area contributed by atoms with E-state index in [4.69, 9.17) is 17.3 Å². The van der Waals surface area contributed by atoms with Gasteiger partial charge in [-0.25, -0.2) is 4.98 Å². The van der Waals surface area contributed by atoms with Crippen molar-refractivity contribution in [1.29, 1.82) is 0 Å². The number of aromatic nitrogens is 3. The van der Waals surface area contributed by atoms with E-state index in [2.05, 4.69) is 20.5 Å². The Balaban J connectivity index is 1.75. The van der Waals surface area contributed by atoms with Crippen LogP contribution in [-0.2, 0) is 6.54 Å². The van der Waals surface area contributed by atoms with E-state index in [0.717, 1.165) is 16.3 Å². The van der Waals surface area contributed by atoms with Crippen LogP contribution in [0.5, 0.6) is 0 Å². The molecular weight excluding hydrogens is 334 g/mol. The van der Waals surface area contributed by atoms with Gasteiger partial charge in [0.05, 0.1) is 17.8 Å². The highest BCUT2D eigenvalue weighted by molar-refractivity contribution is 7.13. The van der Waals surface area contributed by atoms with Crippen molar-refractivity contribution in [1.82, 2.24) is 15.2 Å². The number of nitrogens with zero attached hydrogens (tertiary/aromatic N) is 3. The van der Waals surface area contributed by atoms with E-state index in [-0.39, 0.29) is 16.5 Å². The summed E-state index contributed by atoms with van der Waals surface area (Å²) in [5.41, 5.74) is 7.41. The molecule has 3 rings (SSSR count). The molecule has 2 heterocycles. The van der Waals surface area contributed by atoms with Gasteiger partial charge in [0.15, 0.2) is 11.0 Å². The Morgan fingerprint density at radius 3 is 2.78 bits per heavy atom. The molecule has 0 aliphatic heterocycles. The van der Waals surface area contributed by atoms with E-state index in [1.165, 1.54) is 6.07 Å². The van der Waals surface area contributed by atoms with Crippen LogP contribution in [0.3, 0.4) is 0 Å². The number of thiazole rings is 1. The number of amides is 1. The second-order valence-electron chi connectivity index (χ2n) is 4.66. The lowest BCUT2D eigenvalue weighted by Gasteiger charge is -2.06. The quantitative estimate of drug-likeness (QED) is 0.741. The second-order valence-corrected chi connectivity index (χ2v) is 5.90. The van der Waals surface area contributed by atoms with Crippen LogP contribution in [0, 0.1) is 0 Å². The van der Waals surface area contributed by atoms with Crippen LogP contribution >= 0.6 is 22.9 Å². The zero-order valence-corrected chi connectivity index (χ0v) is 13.4. The first-order valence-electron chi connectivity index (χ1n) is 6.70. The first kappa shape index (κ1) is 15.4. The second kappa shape index (κ2) is 6.72. The molecule has 6 nitrogen and oxygen atoms in total. The number of anilines is 1. The zero-order valence-electron chi connectivity index (χ0n) is 11.9. The van der Waals surface area contributed by atoms with Gasteiger partial charge in [0, 0.05) is 10.9 Å². The summed E-state index contributed by atoms with van der Waals surface area (Å²) in [5.74, 6) is -0.330. The molecule has 0 spiro atoms. The Kier molecular flexibility index (Phi) is 4.50. The van der Waals surface area contributed by atoms with Crippen molar-refractivity contribution >= 4 is 34.7 Å². The lowest BCUT2D eigenvalue weighted by atomic mass is 10.2. The van der Waals surface area contributed by atoms with Crippen molar-refractivity contribution in [3.05, 3.63) is 58.2 Å². The van der Waals surface area contributed by atoms with Crippen molar-refractivity contribution in [2.75, 3.05) is 5.32 Å². The summed E-state index contributed by atoms with van der Waals surface area (Å²) < 4.78 is 0. The first-order valence-corrected chi connectivity index (χ1v) is 7.96. The predicted octanol–water partition coefficient (Wildman–Crippen LogP) is 2.96. The van der Waals surface area contributed by atoms with Gasteiger partial charge in [-0.15, -0.1) is 21.5 Å². The molecule has 116 valence electrons. The summed E-state index contributed by atoms with van der Waals surface area (Å²) in [6, 6.07) is 11.3. The van der Waals surface area contributed by atoms with Gasteiger partial charge in [-0.2, -0.15) is 0 Å². The number of hydrogen-bond donors (Lipinski definition) is 2. The molecule has 1 amide bonds. The van der Waals surface area contributed by atoms with Crippen LogP contribution in [0.4, 0.5) is 5.82 Å². The fourth-order valence-electron chi connectivity index (χ4n) is 1.96. The molecule has 0 unspecified atom stereocenters. The molecule has 0 aliphatic carbocycles. The van der Waals surface area contributed by atoms with Crippen molar-refractivity contribution in [3.63, 3.8) is 0 Å². The Morgan fingerprint density at radius 1 is 1.26 bits per heavy atom. The number of hydrogen-bond acceptors (Lipinski definition) is 6. The molecule has 0 atom stereocenters. The monoisotopic (exact) mass is 345 g/mol. The molecule has 0 bridgehead atoms. The maximum atomic E-state index is 11.4. The molecule has 0 fully saturated rings. The lowest BCUT2D eigenvalue weighted by molar-refractivity contribution is 0.100. The highest BCUT2D eigenvalue weighted by Crippen LogP contribution is 2.24. The van der Waals surface area contributed by atoms with E-state index in [9.17, 15) is 4.79 Å². The van der Waals surface area contributed by atoms with Crippen molar-refractivity contribution in [2.45, 2.75) is 6.54 Å². The standard InChI is InChI=1S/C15H12ClN5OS/c16-12-6-11(13(17)22)14(21-20-12)18-7-10-8-23-15(19-10)9-4-2-1-3-5-9/h1-6,8H,7H2,(H2,17,22)(H,18,21). The first-order chi connectivity index (χ1) is 11.1. The molecule has 3 aromatic rings. The number of nitrogens with one attached hydrogen (secondary N) is 1. The van der Waals surface area contributed by atoms with Crippen LogP contribution in [0.15, 0.2) is 41.8 Å². The largest absolute Gasteiger partial charge is 0.365 e. The number of carbonyl (C=O) groups excluding carboxylic acids is 1. The molecule has 2 aromatic heterocycles. The minimum Gasteiger partial charge on any atom is -0.365 e. The van der Waals surface area contributed by atoms with Gasteiger partial charge in [0.25, 0.3) is 5.91 Å². The maximum Gasteiger partial charge on any atom is 0.252 e. The molecule has 23 heavy (non-hydrogen) atoms. The van der Waals surface area contributed by atoms with Crippen molar-refractivity contribution in [3.8, 4) is 10.6 Å². The number of primary amides is 1. The Bertz CT molecular complexity index is 837. The molecule has 8 heteroatoms. The minimum atomic E-state index is -0.618. The van der Waals surface area contributed by atoms with Gasteiger partial charge in [0.1, 0.15) is 5.01 Å². The molecule has 1 aromatic carbocycles. The molecule has 0 saturated heterocycles. The zero-order chi connectivity index (χ0) is 16.2. The van der Waals surface area contributed by atoms with Crippen LogP contribution in [0.25, 0.3) is 10.6 Å². The summed E-state index contributed by atoms with van der Waals surface area (Å²) in [4.78, 5) is 16.0. The van der Waals surface area contributed by atoms with Crippen molar-refractivity contribution in [2.24, 2.45) is 5.73 Å². The average Bonchev–Trinajstić information content (AvgIpc) is 3.03. The SMILES string of the molecule is NC(=O)c1cc(Cl)nnc1NCc1csc(-c2ccccc2)n1. The molecule has 0 aliphatic rings. The average molecular weight is 346 g/mol. The van der Waals surface area contributed by atoms with Crippen LogP contribution in [0.1, 0.15) is 16.1 Å². The highest BCUT2D eigenvalue weighted by Gasteiger charge is 2.12. The van der Waals surface area contributed by atoms with E-state index >= 15 is 0 Å². The Hall–Kier alpha value is -2.51. The third kappa shape index (κ3) is 3.64. The maximum absolute atomic E-state index is 11.4. The predicted molar refractivity (Wildman–Crippen MR) is 90.4 cm³/mol. The third-order valence-electron chi connectivity index (χ3n) is 3.04. The number of halogens is 1. The van der Waals surface area contributed by atoms with E-state index in [0.29, 0.717) is 6.54 Å². The Labute approximate surface area is 141 Å². The van der Waals surface area contributed by atoms with E-state index in [1.54, 1.807) is 11.3 Å². The van der Waals surface area contributed by atoms with Gasteiger partial charge < -0.3 is 11.1 Å². The topological polar surface area (TPSA) is 93.8 Å². The normalized spacial score (nSPS) is 10.5. The number of carbonyl (C=O) groups is 1. The summed E-state index contributed by atoms with van der Waals surface area (Å²) in [5, 5.41) is 13.6. The van der Waals surface area contributed by atoms with Gasteiger partial charge in [-0.05, 0) is 6.07 Å². The molecular formula is C15H12ClN5OS. The van der Waals surface area contributed by atoms with Gasteiger partial charge in [-0.1, -0.05) is 41.9 Å². The van der Waals surface area contributed by atoms with Crippen LogP contribution < -0.4 is 11.1 Å². The van der Waals surface area contributed by atoms with E-state index < -0.39 is 5.91 Å². The summed E-state index contributed by atoms with van der Waals surface area (Å²) >= 11 is 7.28. The number of rotatable bonds is 5. The van der Waals surface area contributed by atoms with Gasteiger partial charge in [-0.3, -0.25) is 4.79 Å². The van der Waals surface area contributed by atoms with Crippen molar-refractivity contribution < 1.29 is 4.79 Å². The van der Waals surface area contributed by atoms with Gasteiger partial charge in [0.2, 0.25) is 0 Å². The molecule has 0 radical (unpaired) electrons. The number of nitrogens with two attached hydrogens (primary N) is 1. The van der Waals surface area contributed by atoms with Crippen LogP contribution in [0.2, 0.25) is 5.15 Å². The van der Waals surface area contributed by atoms with E-state index in [1.807, 2.05) is 35.7 Å². The fraction of sp³-hybridized carbons (Fsp3) is 0.0667. The molecule has 0 saturated carbocycles. The summed E-state index contributed by atoms with van der Waals surface area (Å²) in [6.45, 7) is 0.403.